The average Bonchev–Trinajstić information content (AvgIpc) is 2.48. The van der Waals surface area contributed by atoms with Gasteiger partial charge >= 0.3 is 6.09 Å². The minimum atomic E-state index is -0.469. The molecule has 1 aliphatic carbocycles. The number of carbonyl (C=O) groups is 2. The Morgan fingerprint density at radius 2 is 1.57 bits per heavy atom. The summed E-state index contributed by atoms with van der Waals surface area (Å²) in [6.45, 7) is 9.11. The number of hydrogen-bond donors (Lipinski definition) is 1. The molecule has 0 aromatic carbocycles. The quantitative estimate of drug-likeness (QED) is 0.847. The standard InChI is InChI=1S/C18H32N2O3/c1-13-5-7-15(8-6-13)19-16(21)14-9-11-20(12-10-14)17(22)23-18(2,3)4/h13-15H,5-12H2,1-4H3,(H,19,21). The van der Waals surface area contributed by atoms with Crippen molar-refractivity contribution in [3.05, 3.63) is 0 Å². The molecule has 0 spiro atoms. The third-order valence-electron chi connectivity index (χ3n) is 4.88. The molecular weight excluding hydrogens is 292 g/mol. The second-order valence-corrected chi connectivity index (χ2v) is 8.21. The maximum absolute atomic E-state index is 12.4. The van der Waals surface area contributed by atoms with E-state index in [1.807, 2.05) is 20.8 Å². The number of likely N-dealkylation sites (tertiary alicyclic amines) is 1. The first-order chi connectivity index (χ1) is 10.7. The Bertz CT molecular complexity index is 414. The molecule has 0 aromatic rings. The smallest absolute Gasteiger partial charge is 0.410 e. The summed E-state index contributed by atoms with van der Waals surface area (Å²) in [4.78, 5) is 26.2. The van der Waals surface area contributed by atoms with Crippen LogP contribution in [0.4, 0.5) is 4.79 Å². The van der Waals surface area contributed by atoms with E-state index in [1.54, 1.807) is 4.90 Å². The molecule has 0 radical (unpaired) electrons. The van der Waals surface area contributed by atoms with Gasteiger partial charge in [-0.15, -0.1) is 0 Å². The lowest BCUT2D eigenvalue weighted by Crippen LogP contribution is -2.47. The van der Waals surface area contributed by atoms with Gasteiger partial charge in [0.2, 0.25) is 5.91 Å². The Hall–Kier alpha value is -1.26. The Morgan fingerprint density at radius 1 is 1.00 bits per heavy atom. The third kappa shape index (κ3) is 5.70. The molecule has 2 aliphatic rings. The molecule has 0 unspecified atom stereocenters. The molecule has 2 rings (SSSR count). The van der Waals surface area contributed by atoms with E-state index in [1.165, 1.54) is 12.8 Å². The van der Waals surface area contributed by atoms with E-state index in [9.17, 15) is 9.59 Å². The van der Waals surface area contributed by atoms with Gasteiger partial charge in [-0.2, -0.15) is 0 Å². The number of nitrogens with zero attached hydrogens (tertiary/aromatic N) is 1. The summed E-state index contributed by atoms with van der Waals surface area (Å²) in [5, 5.41) is 3.22. The molecule has 2 fully saturated rings. The number of ether oxygens (including phenoxy) is 1. The van der Waals surface area contributed by atoms with E-state index in [0.717, 1.165) is 31.6 Å². The molecular formula is C18H32N2O3. The van der Waals surface area contributed by atoms with E-state index < -0.39 is 5.60 Å². The van der Waals surface area contributed by atoms with Crippen molar-refractivity contribution in [3.8, 4) is 0 Å². The summed E-state index contributed by atoms with van der Waals surface area (Å²) in [5.41, 5.74) is -0.469. The van der Waals surface area contributed by atoms with Crippen LogP contribution in [0.3, 0.4) is 0 Å². The van der Waals surface area contributed by atoms with E-state index in [2.05, 4.69) is 12.2 Å². The van der Waals surface area contributed by atoms with Crippen LogP contribution in [0.25, 0.3) is 0 Å². The zero-order valence-corrected chi connectivity index (χ0v) is 15.1. The van der Waals surface area contributed by atoms with Gasteiger partial charge in [-0.05, 0) is 65.2 Å². The minimum Gasteiger partial charge on any atom is -0.444 e. The van der Waals surface area contributed by atoms with Crippen LogP contribution in [-0.2, 0) is 9.53 Å². The predicted octanol–water partition coefficient (Wildman–Crippen LogP) is 3.33. The lowest BCUT2D eigenvalue weighted by atomic mass is 9.86. The van der Waals surface area contributed by atoms with Gasteiger partial charge in [0, 0.05) is 25.0 Å². The number of amides is 2. The molecule has 1 saturated heterocycles. The minimum absolute atomic E-state index is 0.0352. The molecule has 5 nitrogen and oxygen atoms in total. The van der Waals surface area contributed by atoms with Crippen molar-refractivity contribution >= 4 is 12.0 Å². The van der Waals surface area contributed by atoms with Crippen molar-refractivity contribution < 1.29 is 14.3 Å². The molecule has 23 heavy (non-hydrogen) atoms. The first-order valence-electron chi connectivity index (χ1n) is 9.03. The lowest BCUT2D eigenvalue weighted by molar-refractivity contribution is -0.127. The van der Waals surface area contributed by atoms with Gasteiger partial charge < -0.3 is 15.0 Å². The van der Waals surface area contributed by atoms with Crippen molar-refractivity contribution in [3.63, 3.8) is 0 Å². The summed E-state index contributed by atoms with van der Waals surface area (Å²) in [5.74, 6) is 1.00. The van der Waals surface area contributed by atoms with E-state index in [0.29, 0.717) is 19.1 Å². The maximum Gasteiger partial charge on any atom is 0.410 e. The van der Waals surface area contributed by atoms with Gasteiger partial charge in [0.15, 0.2) is 0 Å². The van der Waals surface area contributed by atoms with Crippen molar-refractivity contribution in [1.29, 1.82) is 0 Å². The van der Waals surface area contributed by atoms with Gasteiger partial charge in [0.1, 0.15) is 5.60 Å². The summed E-state index contributed by atoms with van der Waals surface area (Å²) < 4.78 is 5.39. The van der Waals surface area contributed by atoms with Crippen molar-refractivity contribution in [2.75, 3.05) is 13.1 Å². The Morgan fingerprint density at radius 3 is 2.09 bits per heavy atom. The predicted molar refractivity (Wildman–Crippen MR) is 90.1 cm³/mol. The van der Waals surface area contributed by atoms with Crippen molar-refractivity contribution in [2.45, 2.75) is 77.9 Å². The fraction of sp³-hybridized carbons (Fsp3) is 0.889. The van der Waals surface area contributed by atoms with Gasteiger partial charge in [-0.1, -0.05) is 6.92 Å². The average molecular weight is 324 g/mol. The highest BCUT2D eigenvalue weighted by Crippen LogP contribution is 2.25. The van der Waals surface area contributed by atoms with Crippen LogP contribution in [0.15, 0.2) is 0 Å². The monoisotopic (exact) mass is 324 g/mol. The number of carbonyl (C=O) groups excluding carboxylic acids is 2. The second-order valence-electron chi connectivity index (χ2n) is 8.21. The summed E-state index contributed by atoms with van der Waals surface area (Å²) in [6, 6.07) is 0.350. The normalized spacial score (nSPS) is 26.7. The molecule has 1 N–H and O–H groups in total. The number of piperidine rings is 1. The number of rotatable bonds is 2. The molecule has 0 atom stereocenters. The van der Waals surface area contributed by atoms with Crippen LogP contribution in [0.5, 0.6) is 0 Å². The number of hydrogen-bond acceptors (Lipinski definition) is 3. The van der Waals surface area contributed by atoms with Crippen LogP contribution in [-0.4, -0.2) is 41.6 Å². The van der Waals surface area contributed by atoms with E-state index in [4.69, 9.17) is 4.74 Å². The molecule has 1 heterocycles. The first kappa shape index (κ1) is 18.1. The third-order valence-corrected chi connectivity index (χ3v) is 4.88. The van der Waals surface area contributed by atoms with Gasteiger partial charge in [0.25, 0.3) is 0 Å². The summed E-state index contributed by atoms with van der Waals surface area (Å²) in [6.07, 6.45) is 5.82. The lowest BCUT2D eigenvalue weighted by Gasteiger charge is -2.34. The maximum atomic E-state index is 12.4. The largest absolute Gasteiger partial charge is 0.444 e. The first-order valence-corrected chi connectivity index (χ1v) is 9.03. The zero-order chi connectivity index (χ0) is 17.0. The molecule has 0 bridgehead atoms. The summed E-state index contributed by atoms with van der Waals surface area (Å²) >= 11 is 0. The fourth-order valence-electron chi connectivity index (χ4n) is 3.37. The highest BCUT2D eigenvalue weighted by molar-refractivity contribution is 5.79. The molecule has 132 valence electrons. The zero-order valence-electron chi connectivity index (χ0n) is 15.1. The van der Waals surface area contributed by atoms with Crippen molar-refractivity contribution in [2.24, 2.45) is 11.8 Å². The molecule has 1 aliphatic heterocycles. The molecule has 5 heteroatoms. The Kier molecular flexibility index (Phi) is 5.93. The molecule has 0 aromatic heterocycles. The highest BCUT2D eigenvalue weighted by atomic mass is 16.6. The van der Waals surface area contributed by atoms with Crippen LogP contribution in [0.1, 0.15) is 66.2 Å². The van der Waals surface area contributed by atoms with Crippen LogP contribution in [0, 0.1) is 11.8 Å². The van der Waals surface area contributed by atoms with Gasteiger partial charge in [-0.3, -0.25) is 4.79 Å². The Balaban J connectivity index is 1.73. The second kappa shape index (κ2) is 7.54. The van der Waals surface area contributed by atoms with Gasteiger partial charge in [-0.25, -0.2) is 4.79 Å². The van der Waals surface area contributed by atoms with Crippen LogP contribution in [0.2, 0.25) is 0 Å². The van der Waals surface area contributed by atoms with Crippen LogP contribution < -0.4 is 5.32 Å². The highest BCUT2D eigenvalue weighted by Gasteiger charge is 2.31. The van der Waals surface area contributed by atoms with Crippen molar-refractivity contribution in [1.82, 2.24) is 10.2 Å². The molecule has 1 saturated carbocycles. The molecule has 2 amide bonds. The van der Waals surface area contributed by atoms with E-state index >= 15 is 0 Å². The van der Waals surface area contributed by atoms with Crippen LogP contribution >= 0.6 is 0 Å². The number of nitrogens with one attached hydrogen (secondary N) is 1. The Labute approximate surface area is 140 Å². The fourth-order valence-corrected chi connectivity index (χ4v) is 3.37. The van der Waals surface area contributed by atoms with E-state index in [-0.39, 0.29) is 17.9 Å². The SMILES string of the molecule is CC1CCC(NC(=O)C2CCN(C(=O)OC(C)(C)C)CC2)CC1. The topological polar surface area (TPSA) is 58.6 Å². The summed E-state index contributed by atoms with van der Waals surface area (Å²) in [7, 11) is 0. The van der Waals surface area contributed by atoms with Gasteiger partial charge in [0.05, 0.1) is 0 Å².